The minimum Gasteiger partial charge on any atom is -0.0763 e. The molecule has 0 radical (unpaired) electrons. The number of hydrogen-bond acceptors (Lipinski definition) is 0. The molecule has 0 saturated heterocycles. The maximum absolute atomic E-state index is 2.34. The Kier molecular flexibility index (Phi) is 1.03. The third-order valence-electron chi connectivity index (χ3n) is 4.42. The molecule has 0 amide bonds. The maximum Gasteiger partial charge on any atom is 0.00968 e. The summed E-state index contributed by atoms with van der Waals surface area (Å²) >= 11 is 0. The van der Waals surface area contributed by atoms with E-state index in [4.69, 9.17) is 0 Å². The van der Waals surface area contributed by atoms with Gasteiger partial charge in [0.2, 0.25) is 0 Å². The first kappa shape index (κ1) is 7.28. The van der Waals surface area contributed by atoms with Crippen LogP contribution in [0.25, 0.3) is 0 Å². The van der Waals surface area contributed by atoms with Gasteiger partial charge in [-0.15, -0.1) is 0 Å². The van der Waals surface area contributed by atoms with Gasteiger partial charge < -0.3 is 0 Å². The summed E-state index contributed by atoms with van der Waals surface area (Å²) in [5.41, 5.74) is 6.66. The molecule has 0 nitrogen and oxygen atoms in total. The highest BCUT2D eigenvalue weighted by Gasteiger charge is 2.71. The molecule has 3 aliphatic rings. The van der Waals surface area contributed by atoms with E-state index >= 15 is 0 Å². The van der Waals surface area contributed by atoms with Crippen LogP contribution < -0.4 is 0 Å². The fourth-order valence-corrected chi connectivity index (χ4v) is 3.96. The zero-order chi connectivity index (χ0) is 9.45. The van der Waals surface area contributed by atoms with Crippen LogP contribution in [0.4, 0.5) is 0 Å². The molecule has 0 aromatic heterocycles. The molecule has 0 heterocycles. The maximum atomic E-state index is 2.34. The Morgan fingerprint density at radius 2 is 1.71 bits per heavy atom. The average molecular weight is 182 g/mol. The molecule has 0 N–H and O–H groups in total. The molecule has 70 valence electrons. The Balaban J connectivity index is 1.95. The lowest BCUT2D eigenvalue weighted by Gasteiger charge is -2.32. The molecule has 2 fully saturated rings. The Labute approximate surface area is 84.6 Å². The van der Waals surface area contributed by atoms with Gasteiger partial charge in [0.25, 0.3) is 0 Å². The van der Waals surface area contributed by atoms with Crippen molar-refractivity contribution in [2.24, 2.45) is 11.8 Å². The van der Waals surface area contributed by atoms with Crippen molar-refractivity contribution < 1.29 is 0 Å². The van der Waals surface area contributed by atoms with Crippen LogP contribution in [0, 0.1) is 11.8 Å². The Hall–Kier alpha value is -1.04. The fourth-order valence-electron chi connectivity index (χ4n) is 3.96. The van der Waals surface area contributed by atoms with Crippen LogP contribution in [0.2, 0.25) is 0 Å². The van der Waals surface area contributed by atoms with Crippen LogP contribution in [-0.4, -0.2) is 0 Å². The van der Waals surface area contributed by atoms with E-state index in [0.717, 1.165) is 23.7 Å². The minimum atomic E-state index is 0.825. The zero-order valence-electron chi connectivity index (χ0n) is 8.62. The zero-order valence-corrected chi connectivity index (χ0v) is 8.62. The second-order valence-corrected chi connectivity index (χ2v) is 5.19. The van der Waals surface area contributed by atoms with Crippen LogP contribution in [0.3, 0.4) is 0 Å². The topological polar surface area (TPSA) is 0 Å². The van der Waals surface area contributed by atoms with E-state index in [0.29, 0.717) is 0 Å². The third-order valence-corrected chi connectivity index (χ3v) is 4.42. The van der Waals surface area contributed by atoms with E-state index in [9.17, 15) is 0 Å². The summed E-state index contributed by atoms with van der Waals surface area (Å²) in [6.45, 7) is 4.56. The molecule has 14 heavy (non-hydrogen) atoms. The van der Waals surface area contributed by atoms with Gasteiger partial charge in [0, 0.05) is 5.92 Å². The highest BCUT2D eigenvalue weighted by Crippen LogP contribution is 2.81. The third kappa shape index (κ3) is 0.563. The molecule has 0 bridgehead atoms. The van der Waals surface area contributed by atoms with Crippen molar-refractivity contribution in [2.75, 3.05) is 0 Å². The van der Waals surface area contributed by atoms with E-state index in [-0.39, 0.29) is 0 Å². The highest BCUT2D eigenvalue weighted by molar-refractivity contribution is 5.63. The Bertz CT molecular complexity index is 463. The first-order valence-electron chi connectivity index (χ1n) is 5.57. The standard InChI is InChI=1S/C14H14/c1-7(2)10-11-8-5-3-4-6-9(8)12-13(10)14(11)12/h3-6,11-14H,1-2H3/t11-,12+,13-,14+/m0/s1. The van der Waals surface area contributed by atoms with Crippen LogP contribution in [-0.2, 0) is 0 Å². The molecule has 0 heteroatoms. The predicted molar refractivity (Wildman–Crippen MR) is 57.3 cm³/mol. The van der Waals surface area contributed by atoms with Crippen molar-refractivity contribution in [1.29, 1.82) is 0 Å². The van der Waals surface area contributed by atoms with Crippen molar-refractivity contribution in [2.45, 2.75) is 25.7 Å². The summed E-state index contributed by atoms with van der Waals surface area (Å²) in [5, 5.41) is 0. The van der Waals surface area contributed by atoms with E-state index < -0.39 is 0 Å². The molecular formula is C14H14. The van der Waals surface area contributed by atoms with Crippen molar-refractivity contribution in [3.8, 4) is 0 Å². The van der Waals surface area contributed by atoms with Gasteiger partial charge >= 0.3 is 0 Å². The molecule has 0 aliphatic heterocycles. The Morgan fingerprint density at radius 1 is 1.00 bits per heavy atom. The van der Waals surface area contributed by atoms with E-state index in [2.05, 4.69) is 38.1 Å². The summed E-state index contributed by atoms with van der Waals surface area (Å²) in [4.78, 5) is 0. The van der Waals surface area contributed by atoms with E-state index in [1.54, 1.807) is 22.3 Å². The smallest absolute Gasteiger partial charge is 0.00968 e. The SMILES string of the molecule is CC(C)=C1[C@H]2[C@H]3c4ccccc4[C@@H]1[C@@H]23. The van der Waals surface area contributed by atoms with Gasteiger partial charge in [0.15, 0.2) is 0 Å². The lowest BCUT2D eigenvalue weighted by molar-refractivity contribution is 0.522. The van der Waals surface area contributed by atoms with Gasteiger partial charge in [-0.3, -0.25) is 0 Å². The van der Waals surface area contributed by atoms with Gasteiger partial charge in [0.1, 0.15) is 0 Å². The lowest BCUT2D eigenvalue weighted by atomic mass is 9.72. The van der Waals surface area contributed by atoms with Gasteiger partial charge in [-0.25, -0.2) is 0 Å². The number of benzene rings is 1. The average Bonchev–Trinajstić information content (AvgIpc) is 2.66. The van der Waals surface area contributed by atoms with Crippen LogP contribution in [0.15, 0.2) is 35.4 Å². The number of hydrogen-bond donors (Lipinski definition) is 0. The monoisotopic (exact) mass is 182 g/mol. The van der Waals surface area contributed by atoms with Gasteiger partial charge in [0.05, 0.1) is 0 Å². The van der Waals surface area contributed by atoms with Gasteiger partial charge in [-0.2, -0.15) is 0 Å². The number of rotatable bonds is 0. The summed E-state index contributed by atoms with van der Waals surface area (Å²) < 4.78 is 0. The van der Waals surface area contributed by atoms with Crippen molar-refractivity contribution in [3.63, 3.8) is 0 Å². The summed E-state index contributed by atoms with van der Waals surface area (Å²) in [7, 11) is 0. The molecule has 3 aliphatic carbocycles. The Morgan fingerprint density at radius 3 is 2.43 bits per heavy atom. The lowest BCUT2D eigenvalue weighted by Crippen LogP contribution is -2.20. The quantitative estimate of drug-likeness (QED) is 0.539. The first-order chi connectivity index (χ1) is 6.80. The van der Waals surface area contributed by atoms with Crippen molar-refractivity contribution in [3.05, 3.63) is 46.5 Å². The molecule has 1 aromatic carbocycles. The second kappa shape index (κ2) is 1.98. The van der Waals surface area contributed by atoms with Crippen LogP contribution in [0.1, 0.15) is 36.8 Å². The van der Waals surface area contributed by atoms with Crippen LogP contribution in [0.5, 0.6) is 0 Å². The first-order valence-corrected chi connectivity index (χ1v) is 5.57. The van der Waals surface area contributed by atoms with E-state index in [1.165, 1.54) is 0 Å². The second-order valence-electron chi connectivity index (χ2n) is 5.19. The molecule has 2 saturated carbocycles. The summed E-state index contributed by atoms with van der Waals surface area (Å²) in [5.74, 6) is 3.71. The fraction of sp³-hybridized carbons (Fsp3) is 0.429. The van der Waals surface area contributed by atoms with Gasteiger partial charge in [-0.1, -0.05) is 35.4 Å². The molecule has 1 aromatic rings. The normalized spacial score (nSPS) is 40.0. The van der Waals surface area contributed by atoms with Gasteiger partial charge in [-0.05, 0) is 42.7 Å². The van der Waals surface area contributed by atoms with Crippen LogP contribution >= 0.6 is 0 Å². The predicted octanol–water partition coefficient (Wildman–Crippen LogP) is 3.46. The minimum absolute atomic E-state index is 0.825. The summed E-state index contributed by atoms with van der Waals surface area (Å²) in [6.07, 6.45) is 0. The number of allylic oxidation sites excluding steroid dienone is 2. The van der Waals surface area contributed by atoms with Crippen molar-refractivity contribution in [1.82, 2.24) is 0 Å². The largest absolute Gasteiger partial charge is 0.0763 e. The molecule has 0 spiro atoms. The van der Waals surface area contributed by atoms with Crippen molar-refractivity contribution >= 4 is 0 Å². The highest BCUT2D eigenvalue weighted by atomic mass is 14.7. The summed E-state index contributed by atoms with van der Waals surface area (Å²) in [6, 6.07) is 9.07. The molecule has 4 atom stereocenters. The van der Waals surface area contributed by atoms with E-state index in [1.807, 2.05) is 0 Å². The molecule has 4 rings (SSSR count). The molecular weight excluding hydrogens is 168 g/mol. The molecule has 0 unspecified atom stereocenters. The number of fused-ring (bicyclic) bond motifs is 4.